The SMILES string of the molecule is CC1(Cn2cc([C@H](N[S@@](=O)C(C)(C)C)C(F)(F)F)c3cc(F)c(Br)cc32)COC1. The van der Waals surface area contributed by atoms with Gasteiger partial charge in [-0.3, -0.25) is 0 Å². The van der Waals surface area contributed by atoms with Crippen molar-refractivity contribution in [2.24, 2.45) is 5.41 Å². The molecule has 0 amide bonds. The first kappa shape index (κ1) is 22.7. The molecule has 162 valence electrons. The maximum atomic E-state index is 14.2. The molecule has 1 saturated heterocycles. The van der Waals surface area contributed by atoms with Crippen molar-refractivity contribution in [3.05, 3.63) is 34.2 Å². The summed E-state index contributed by atoms with van der Waals surface area (Å²) in [7, 11) is -1.97. The Kier molecular flexibility index (Phi) is 5.97. The largest absolute Gasteiger partial charge is 0.408 e. The first-order chi connectivity index (χ1) is 13.2. The molecule has 1 aromatic heterocycles. The molecule has 3 rings (SSSR count). The van der Waals surface area contributed by atoms with E-state index in [1.165, 1.54) is 12.3 Å². The number of fused-ring (bicyclic) bond motifs is 1. The van der Waals surface area contributed by atoms with Crippen LogP contribution in [0.5, 0.6) is 0 Å². The summed E-state index contributed by atoms with van der Waals surface area (Å²) >= 11 is 3.11. The molecule has 4 nitrogen and oxygen atoms in total. The van der Waals surface area contributed by atoms with E-state index in [4.69, 9.17) is 4.74 Å². The van der Waals surface area contributed by atoms with Gasteiger partial charge in [-0.2, -0.15) is 13.2 Å². The molecule has 0 saturated carbocycles. The van der Waals surface area contributed by atoms with Gasteiger partial charge >= 0.3 is 6.18 Å². The summed E-state index contributed by atoms with van der Waals surface area (Å²) in [6, 6.07) is 0.369. The van der Waals surface area contributed by atoms with Crippen LogP contribution in [0.2, 0.25) is 0 Å². The fourth-order valence-corrected chi connectivity index (χ4v) is 4.38. The van der Waals surface area contributed by atoms with Crippen molar-refractivity contribution in [2.45, 2.75) is 51.2 Å². The van der Waals surface area contributed by atoms with E-state index in [0.717, 1.165) is 6.07 Å². The summed E-state index contributed by atoms with van der Waals surface area (Å²) in [6.07, 6.45) is -3.34. The van der Waals surface area contributed by atoms with Crippen LogP contribution in [-0.4, -0.2) is 32.9 Å². The minimum Gasteiger partial charge on any atom is -0.380 e. The molecule has 0 radical (unpaired) electrons. The Morgan fingerprint density at radius 1 is 1.31 bits per heavy atom. The Bertz CT molecular complexity index is 948. The number of aromatic nitrogens is 1. The van der Waals surface area contributed by atoms with Crippen LogP contribution in [-0.2, 0) is 22.3 Å². The number of alkyl halides is 3. The number of halogens is 5. The molecule has 1 fully saturated rings. The smallest absolute Gasteiger partial charge is 0.380 e. The molecule has 2 heterocycles. The zero-order valence-corrected chi connectivity index (χ0v) is 18.9. The fourth-order valence-electron chi connectivity index (χ4n) is 3.22. The molecule has 1 aliphatic heterocycles. The standard InChI is InChI=1S/C19H23BrF4N2O2S/c1-17(2,3)29(27)25-16(19(22,23)24)12-7-26(8-18(4)9-28-10-18)15-6-13(20)14(21)5-11(12)15/h5-7,16,25H,8-10H2,1-4H3/t16-,29-/m0/s1. The van der Waals surface area contributed by atoms with Crippen molar-refractivity contribution in [1.29, 1.82) is 0 Å². The Balaban J connectivity index is 2.14. The zero-order valence-electron chi connectivity index (χ0n) is 16.5. The Hall–Kier alpha value is -0.970. The van der Waals surface area contributed by atoms with Gasteiger partial charge in [0.2, 0.25) is 0 Å². The molecule has 1 aromatic carbocycles. The number of hydrogen-bond donors (Lipinski definition) is 1. The van der Waals surface area contributed by atoms with E-state index in [9.17, 15) is 21.8 Å². The maximum Gasteiger partial charge on any atom is 0.408 e. The second-order valence-corrected chi connectivity index (χ2v) is 11.6. The third-order valence-corrected chi connectivity index (χ3v) is 7.00. The predicted molar refractivity (Wildman–Crippen MR) is 108 cm³/mol. The van der Waals surface area contributed by atoms with Crippen LogP contribution < -0.4 is 4.72 Å². The topological polar surface area (TPSA) is 43.3 Å². The van der Waals surface area contributed by atoms with Gasteiger partial charge in [-0.25, -0.2) is 13.3 Å². The Morgan fingerprint density at radius 2 is 1.93 bits per heavy atom. The molecule has 2 aromatic rings. The zero-order chi connectivity index (χ0) is 21.8. The number of rotatable bonds is 5. The van der Waals surface area contributed by atoms with E-state index in [2.05, 4.69) is 20.7 Å². The van der Waals surface area contributed by atoms with Crippen LogP contribution in [0.4, 0.5) is 17.6 Å². The van der Waals surface area contributed by atoms with Gasteiger partial charge in [-0.1, -0.05) is 6.92 Å². The summed E-state index contributed by atoms with van der Waals surface area (Å²) < 4.78 is 77.0. The quantitative estimate of drug-likeness (QED) is 0.573. The highest BCUT2D eigenvalue weighted by molar-refractivity contribution is 9.10. The highest BCUT2D eigenvalue weighted by atomic mass is 79.9. The summed E-state index contributed by atoms with van der Waals surface area (Å²) in [5.41, 5.74) is 0.110. The molecule has 1 aliphatic rings. The van der Waals surface area contributed by atoms with Gasteiger partial charge in [0, 0.05) is 34.6 Å². The van der Waals surface area contributed by atoms with Crippen molar-refractivity contribution < 1.29 is 26.5 Å². The van der Waals surface area contributed by atoms with Gasteiger partial charge in [-0.05, 0) is 48.8 Å². The number of benzene rings is 1. The average molecular weight is 499 g/mol. The van der Waals surface area contributed by atoms with Crippen molar-refractivity contribution >= 4 is 37.8 Å². The van der Waals surface area contributed by atoms with Crippen LogP contribution in [0.3, 0.4) is 0 Å². The van der Waals surface area contributed by atoms with E-state index in [0.29, 0.717) is 25.3 Å². The van der Waals surface area contributed by atoms with Gasteiger partial charge < -0.3 is 9.30 Å². The normalized spacial score (nSPS) is 19.2. The van der Waals surface area contributed by atoms with E-state index in [1.54, 1.807) is 25.3 Å². The van der Waals surface area contributed by atoms with Gasteiger partial charge in [0.15, 0.2) is 0 Å². The molecule has 0 unspecified atom stereocenters. The highest BCUT2D eigenvalue weighted by Crippen LogP contribution is 2.40. The first-order valence-corrected chi connectivity index (χ1v) is 11.0. The van der Waals surface area contributed by atoms with Crippen molar-refractivity contribution in [3.63, 3.8) is 0 Å². The van der Waals surface area contributed by atoms with Crippen molar-refractivity contribution in [3.8, 4) is 0 Å². The number of nitrogens with one attached hydrogen (secondary N) is 1. The van der Waals surface area contributed by atoms with Crippen LogP contribution in [0, 0.1) is 11.2 Å². The van der Waals surface area contributed by atoms with Crippen LogP contribution in [0.1, 0.15) is 39.3 Å². The van der Waals surface area contributed by atoms with E-state index >= 15 is 0 Å². The molecule has 0 spiro atoms. The summed E-state index contributed by atoms with van der Waals surface area (Å²) in [6.45, 7) is 8.16. The van der Waals surface area contributed by atoms with Gasteiger partial charge in [0.25, 0.3) is 0 Å². The number of hydrogen-bond acceptors (Lipinski definition) is 2. The Labute approximate surface area is 177 Å². The summed E-state index contributed by atoms with van der Waals surface area (Å²) in [5, 5.41) is 0.135. The predicted octanol–water partition coefficient (Wildman–Crippen LogP) is 5.23. The van der Waals surface area contributed by atoms with Crippen LogP contribution in [0.25, 0.3) is 10.9 Å². The molecule has 1 N–H and O–H groups in total. The van der Waals surface area contributed by atoms with Crippen LogP contribution >= 0.6 is 15.9 Å². The molecule has 10 heteroatoms. The lowest BCUT2D eigenvalue weighted by atomic mass is 9.88. The highest BCUT2D eigenvalue weighted by Gasteiger charge is 2.45. The fraction of sp³-hybridized carbons (Fsp3) is 0.579. The third-order valence-electron chi connectivity index (χ3n) is 4.83. The molecule has 29 heavy (non-hydrogen) atoms. The Morgan fingerprint density at radius 3 is 2.41 bits per heavy atom. The first-order valence-electron chi connectivity index (χ1n) is 9.02. The number of nitrogens with zero attached hydrogens (tertiary/aromatic N) is 1. The third kappa shape index (κ3) is 4.70. The molecule has 0 bridgehead atoms. The maximum absolute atomic E-state index is 14.2. The van der Waals surface area contributed by atoms with Crippen molar-refractivity contribution in [1.82, 2.24) is 9.29 Å². The second-order valence-electron chi connectivity index (χ2n) is 8.77. The monoisotopic (exact) mass is 498 g/mol. The van der Waals surface area contributed by atoms with E-state index in [-0.39, 0.29) is 20.8 Å². The number of ether oxygens (including phenoxy) is 1. The van der Waals surface area contributed by atoms with E-state index in [1.807, 2.05) is 6.92 Å². The van der Waals surface area contributed by atoms with E-state index < -0.39 is 33.8 Å². The lowest BCUT2D eigenvalue weighted by Crippen LogP contribution is -2.43. The summed E-state index contributed by atoms with van der Waals surface area (Å²) in [5.74, 6) is -0.660. The molecular weight excluding hydrogens is 476 g/mol. The van der Waals surface area contributed by atoms with Crippen LogP contribution in [0.15, 0.2) is 22.8 Å². The average Bonchev–Trinajstić information content (AvgIpc) is 2.86. The lowest BCUT2D eigenvalue weighted by molar-refractivity contribution is -0.152. The summed E-state index contributed by atoms with van der Waals surface area (Å²) in [4.78, 5) is 0. The molecular formula is C19H23BrF4N2O2S. The second kappa shape index (κ2) is 7.62. The molecule has 0 aliphatic carbocycles. The van der Waals surface area contributed by atoms with Gasteiger partial charge in [0.1, 0.15) is 11.9 Å². The lowest BCUT2D eigenvalue weighted by Gasteiger charge is -2.38. The van der Waals surface area contributed by atoms with Gasteiger partial charge in [0.05, 0.1) is 33.4 Å². The van der Waals surface area contributed by atoms with Crippen molar-refractivity contribution in [2.75, 3.05) is 13.2 Å². The minimum absolute atomic E-state index is 0.135. The minimum atomic E-state index is -4.72. The molecule has 2 atom stereocenters. The van der Waals surface area contributed by atoms with Gasteiger partial charge in [-0.15, -0.1) is 0 Å².